The van der Waals surface area contributed by atoms with Gasteiger partial charge in [0, 0.05) is 0 Å². The zero-order valence-corrected chi connectivity index (χ0v) is 23.2. The standard InChI is InChI=1S/C34H48F2O/c1-3-4-5-6-7-27-10-16-30(17-11-27)31-18-12-28(13-19-31)24-25-37-34(35,36)33-22-20-32(21-23-33)29-14-8-26(2)9-15-29/h12-13,18-23,26-27,29-30H,3-11,14-17,24-25H2,1-2H3/t26-,27-,29-,30-. The van der Waals surface area contributed by atoms with E-state index >= 15 is 0 Å². The van der Waals surface area contributed by atoms with Crippen LogP contribution in [0.5, 0.6) is 0 Å². The molecule has 0 atom stereocenters. The van der Waals surface area contributed by atoms with Crippen LogP contribution in [0.25, 0.3) is 0 Å². The molecule has 2 aliphatic carbocycles. The van der Waals surface area contributed by atoms with E-state index in [1.807, 2.05) is 12.1 Å². The number of hydrogen-bond acceptors (Lipinski definition) is 1. The van der Waals surface area contributed by atoms with Crippen LogP contribution in [-0.2, 0) is 17.3 Å². The molecule has 204 valence electrons. The topological polar surface area (TPSA) is 9.23 Å². The number of unbranched alkanes of at least 4 members (excludes halogenated alkanes) is 3. The highest BCUT2D eigenvalue weighted by molar-refractivity contribution is 5.28. The Morgan fingerprint density at radius 1 is 0.730 bits per heavy atom. The number of benzene rings is 2. The van der Waals surface area contributed by atoms with Gasteiger partial charge in [-0.05, 0) is 85.3 Å². The molecule has 1 nitrogen and oxygen atoms in total. The third-order valence-corrected chi connectivity index (χ3v) is 9.17. The lowest BCUT2D eigenvalue weighted by Crippen LogP contribution is -2.20. The first-order chi connectivity index (χ1) is 17.9. The van der Waals surface area contributed by atoms with E-state index < -0.39 is 6.11 Å². The Morgan fingerprint density at radius 2 is 1.30 bits per heavy atom. The molecular formula is C34H48F2O. The second-order valence-electron chi connectivity index (χ2n) is 12.0. The van der Waals surface area contributed by atoms with Crippen LogP contribution in [0.15, 0.2) is 48.5 Å². The Bertz CT molecular complexity index is 904. The maximum absolute atomic E-state index is 14.7. The van der Waals surface area contributed by atoms with Gasteiger partial charge in [0.2, 0.25) is 0 Å². The van der Waals surface area contributed by atoms with E-state index in [0.717, 1.165) is 30.2 Å². The van der Waals surface area contributed by atoms with Gasteiger partial charge in [-0.25, -0.2) is 0 Å². The molecule has 0 bridgehead atoms. The second kappa shape index (κ2) is 13.9. The number of rotatable bonds is 12. The van der Waals surface area contributed by atoms with E-state index in [4.69, 9.17) is 4.74 Å². The highest BCUT2D eigenvalue weighted by Crippen LogP contribution is 2.39. The molecule has 0 N–H and O–H groups in total. The minimum atomic E-state index is -3.26. The molecule has 0 saturated heterocycles. The molecule has 0 aromatic heterocycles. The number of ether oxygens (including phenoxy) is 1. The Balaban J connectivity index is 1.19. The van der Waals surface area contributed by atoms with E-state index in [1.54, 1.807) is 12.1 Å². The molecule has 0 spiro atoms. The number of halogens is 2. The third-order valence-electron chi connectivity index (χ3n) is 9.17. The normalized spacial score (nSPS) is 24.8. The largest absolute Gasteiger partial charge is 0.383 e. The third kappa shape index (κ3) is 8.37. The maximum atomic E-state index is 14.7. The quantitative estimate of drug-likeness (QED) is 0.258. The Hall–Kier alpha value is -1.74. The minimum Gasteiger partial charge on any atom is -0.316 e. The zero-order chi connectivity index (χ0) is 26.1. The molecule has 4 rings (SSSR count). The van der Waals surface area contributed by atoms with Gasteiger partial charge in [-0.2, -0.15) is 8.78 Å². The van der Waals surface area contributed by atoms with Gasteiger partial charge in [0.25, 0.3) is 0 Å². The van der Waals surface area contributed by atoms with E-state index in [1.165, 1.54) is 81.8 Å². The summed E-state index contributed by atoms with van der Waals surface area (Å²) in [7, 11) is 0. The molecule has 0 heterocycles. The summed E-state index contributed by atoms with van der Waals surface area (Å²) < 4.78 is 34.5. The van der Waals surface area contributed by atoms with Crippen LogP contribution in [0.1, 0.15) is 131 Å². The predicted molar refractivity (Wildman–Crippen MR) is 150 cm³/mol. The Kier molecular flexibility index (Phi) is 10.6. The molecule has 3 heteroatoms. The Labute approximate surface area is 224 Å². The van der Waals surface area contributed by atoms with Crippen molar-refractivity contribution in [2.24, 2.45) is 11.8 Å². The lowest BCUT2D eigenvalue weighted by atomic mass is 9.77. The van der Waals surface area contributed by atoms with Crippen LogP contribution in [0.4, 0.5) is 8.78 Å². The van der Waals surface area contributed by atoms with Crippen molar-refractivity contribution in [1.29, 1.82) is 0 Å². The smallest absolute Gasteiger partial charge is 0.316 e. The van der Waals surface area contributed by atoms with Gasteiger partial charge < -0.3 is 4.74 Å². The van der Waals surface area contributed by atoms with Gasteiger partial charge in [0.15, 0.2) is 0 Å². The first-order valence-corrected chi connectivity index (χ1v) is 15.2. The van der Waals surface area contributed by atoms with Crippen LogP contribution in [0, 0.1) is 11.8 Å². The van der Waals surface area contributed by atoms with E-state index in [0.29, 0.717) is 18.3 Å². The van der Waals surface area contributed by atoms with Gasteiger partial charge in [-0.3, -0.25) is 0 Å². The van der Waals surface area contributed by atoms with Crippen LogP contribution in [0.3, 0.4) is 0 Å². The fourth-order valence-electron chi connectivity index (χ4n) is 6.52. The molecule has 2 aliphatic rings. The fourth-order valence-corrected chi connectivity index (χ4v) is 6.52. The van der Waals surface area contributed by atoms with Crippen molar-refractivity contribution >= 4 is 0 Å². The summed E-state index contributed by atoms with van der Waals surface area (Å²) in [6.45, 7) is 4.58. The number of hydrogen-bond donors (Lipinski definition) is 0. The van der Waals surface area contributed by atoms with Crippen molar-refractivity contribution in [2.45, 2.75) is 122 Å². The molecule has 37 heavy (non-hydrogen) atoms. The summed E-state index contributed by atoms with van der Waals surface area (Å²) in [5.74, 6) is 2.86. The van der Waals surface area contributed by atoms with Gasteiger partial charge in [0.05, 0.1) is 12.2 Å². The molecule has 0 amide bonds. The first kappa shape index (κ1) is 28.3. The van der Waals surface area contributed by atoms with E-state index in [9.17, 15) is 8.78 Å². The lowest BCUT2D eigenvalue weighted by Gasteiger charge is -2.29. The molecule has 0 radical (unpaired) electrons. The minimum absolute atomic E-state index is 0.0117. The summed E-state index contributed by atoms with van der Waals surface area (Å²) in [5.41, 5.74) is 3.61. The van der Waals surface area contributed by atoms with Crippen molar-refractivity contribution in [2.75, 3.05) is 6.61 Å². The molecule has 0 aliphatic heterocycles. The van der Waals surface area contributed by atoms with Gasteiger partial charge in [-0.15, -0.1) is 0 Å². The predicted octanol–water partition coefficient (Wildman–Crippen LogP) is 10.5. The molecule has 2 aromatic rings. The second-order valence-corrected chi connectivity index (χ2v) is 12.0. The molecule has 2 saturated carbocycles. The summed E-state index contributed by atoms with van der Waals surface area (Å²) >= 11 is 0. The summed E-state index contributed by atoms with van der Waals surface area (Å²) in [4.78, 5) is 0. The molecule has 2 fully saturated rings. The first-order valence-electron chi connectivity index (χ1n) is 15.2. The van der Waals surface area contributed by atoms with Crippen LogP contribution in [-0.4, -0.2) is 6.61 Å². The molecule has 2 aromatic carbocycles. The van der Waals surface area contributed by atoms with Crippen LogP contribution in [0.2, 0.25) is 0 Å². The van der Waals surface area contributed by atoms with Crippen molar-refractivity contribution in [3.63, 3.8) is 0 Å². The molecular weight excluding hydrogens is 462 g/mol. The van der Waals surface area contributed by atoms with Crippen molar-refractivity contribution in [3.8, 4) is 0 Å². The summed E-state index contributed by atoms with van der Waals surface area (Å²) in [6.07, 6.45) is 14.2. The summed E-state index contributed by atoms with van der Waals surface area (Å²) in [5, 5.41) is 0. The van der Waals surface area contributed by atoms with Gasteiger partial charge in [0.1, 0.15) is 0 Å². The lowest BCUT2D eigenvalue weighted by molar-refractivity contribution is -0.248. The van der Waals surface area contributed by atoms with Crippen molar-refractivity contribution in [1.82, 2.24) is 0 Å². The monoisotopic (exact) mass is 510 g/mol. The summed E-state index contributed by atoms with van der Waals surface area (Å²) in [6, 6.07) is 15.5. The average molecular weight is 511 g/mol. The maximum Gasteiger partial charge on any atom is 0.383 e. The molecule has 0 unspecified atom stereocenters. The SMILES string of the molecule is CCCCCC[C@H]1CC[C@H](c2ccc(CCOC(F)(F)c3ccc([C@H]4CC[C@H](C)CC4)cc3)cc2)CC1. The van der Waals surface area contributed by atoms with Gasteiger partial charge in [-0.1, -0.05) is 107 Å². The fraction of sp³-hybridized carbons (Fsp3) is 0.647. The highest BCUT2D eigenvalue weighted by Gasteiger charge is 2.33. The Morgan fingerprint density at radius 3 is 1.89 bits per heavy atom. The van der Waals surface area contributed by atoms with Crippen LogP contribution >= 0.6 is 0 Å². The van der Waals surface area contributed by atoms with Gasteiger partial charge >= 0.3 is 6.11 Å². The van der Waals surface area contributed by atoms with E-state index in [-0.39, 0.29) is 12.2 Å². The van der Waals surface area contributed by atoms with Crippen molar-refractivity contribution < 1.29 is 13.5 Å². The zero-order valence-electron chi connectivity index (χ0n) is 23.2. The average Bonchev–Trinajstić information content (AvgIpc) is 2.92. The number of alkyl halides is 2. The van der Waals surface area contributed by atoms with Crippen molar-refractivity contribution in [3.05, 3.63) is 70.8 Å². The highest BCUT2D eigenvalue weighted by atomic mass is 19.3. The van der Waals surface area contributed by atoms with E-state index in [2.05, 4.69) is 38.1 Å². The van der Waals surface area contributed by atoms with Crippen LogP contribution < -0.4 is 0 Å².